The van der Waals surface area contributed by atoms with Crippen LogP contribution in [0.1, 0.15) is 58.3 Å². The second-order valence-electron chi connectivity index (χ2n) is 8.62. The first-order valence-electron chi connectivity index (χ1n) is 9.34. The lowest BCUT2D eigenvalue weighted by Crippen LogP contribution is -2.55. The van der Waals surface area contributed by atoms with E-state index in [2.05, 4.69) is 22.9 Å². The first kappa shape index (κ1) is 15.9. The molecule has 0 aromatic heterocycles. The molecule has 2 atom stereocenters. The number of carbonyl (C=O) groups is 3. The molecule has 1 heterocycles. The molecule has 1 saturated heterocycles. The van der Waals surface area contributed by atoms with Gasteiger partial charge in [-0.2, -0.15) is 0 Å². The van der Waals surface area contributed by atoms with Gasteiger partial charge in [0, 0.05) is 12.5 Å². The molecule has 132 valence electrons. The summed E-state index contributed by atoms with van der Waals surface area (Å²) in [6.07, 6.45) is 8.62. The van der Waals surface area contributed by atoms with Gasteiger partial charge in [0.25, 0.3) is 5.91 Å². The van der Waals surface area contributed by atoms with Crippen molar-refractivity contribution in [2.45, 2.75) is 70.4 Å². The Balaban J connectivity index is 1.31. The lowest BCUT2D eigenvalue weighted by molar-refractivity contribution is -0.126. The Morgan fingerprint density at radius 1 is 1.17 bits per heavy atom. The Bertz CT molecular complexity index is 539. The van der Waals surface area contributed by atoms with E-state index >= 15 is 0 Å². The number of nitrogens with one attached hydrogen (secondary N) is 3. The molecule has 4 amide bonds. The van der Waals surface area contributed by atoms with Gasteiger partial charge in [-0.3, -0.25) is 14.9 Å². The summed E-state index contributed by atoms with van der Waals surface area (Å²) in [5.41, 5.74) is 0.295. The molecule has 0 aromatic carbocycles. The van der Waals surface area contributed by atoms with Crippen molar-refractivity contribution in [1.29, 1.82) is 0 Å². The molecule has 4 saturated carbocycles. The summed E-state index contributed by atoms with van der Waals surface area (Å²) in [5.74, 6) is 2.27. The van der Waals surface area contributed by atoms with E-state index in [0.717, 1.165) is 17.8 Å². The minimum atomic E-state index is -0.571. The zero-order valence-corrected chi connectivity index (χ0v) is 14.3. The summed E-state index contributed by atoms with van der Waals surface area (Å²) in [7, 11) is 0. The van der Waals surface area contributed by atoms with Crippen LogP contribution in [0.3, 0.4) is 0 Å². The van der Waals surface area contributed by atoms with Crippen LogP contribution in [-0.4, -0.2) is 29.9 Å². The second kappa shape index (κ2) is 5.74. The van der Waals surface area contributed by atoms with Crippen molar-refractivity contribution < 1.29 is 14.4 Å². The SMILES string of the molecule is C[C@H](NC(=O)CC[C@H]1NC(=O)NC1=O)C12CC3CC(CC(C3)C1)C2. The van der Waals surface area contributed by atoms with E-state index in [4.69, 9.17) is 0 Å². The lowest BCUT2D eigenvalue weighted by Gasteiger charge is -2.59. The number of rotatable bonds is 5. The standard InChI is InChI=1S/C18H27N3O3/c1-10(18-7-11-4-12(8-18)6-13(5-11)9-18)19-15(22)3-2-14-16(23)21-17(24)20-14/h10-14H,2-9H2,1H3,(H,19,22)(H2,20,21,23,24)/t10-,11?,12?,13?,14+,18?/m0/s1. The summed E-state index contributed by atoms with van der Waals surface area (Å²) >= 11 is 0. The van der Waals surface area contributed by atoms with Crippen LogP contribution in [0.2, 0.25) is 0 Å². The molecule has 0 unspecified atom stereocenters. The molecule has 3 N–H and O–H groups in total. The third kappa shape index (κ3) is 2.80. The maximum atomic E-state index is 12.3. The van der Waals surface area contributed by atoms with E-state index in [1.165, 1.54) is 38.5 Å². The van der Waals surface area contributed by atoms with E-state index in [-0.39, 0.29) is 24.3 Å². The van der Waals surface area contributed by atoms with Gasteiger partial charge in [-0.25, -0.2) is 4.79 Å². The summed E-state index contributed by atoms with van der Waals surface area (Å²) in [6.45, 7) is 2.16. The Kier molecular flexibility index (Phi) is 3.81. The number of hydrogen-bond donors (Lipinski definition) is 3. The predicted molar refractivity (Wildman–Crippen MR) is 87.9 cm³/mol. The molecule has 0 aromatic rings. The van der Waals surface area contributed by atoms with E-state index < -0.39 is 12.1 Å². The van der Waals surface area contributed by atoms with Crippen LogP contribution in [0.5, 0.6) is 0 Å². The summed E-state index contributed by atoms with van der Waals surface area (Å²) in [6, 6.07) is -0.837. The highest BCUT2D eigenvalue weighted by Crippen LogP contribution is 2.61. The minimum Gasteiger partial charge on any atom is -0.353 e. The van der Waals surface area contributed by atoms with Gasteiger partial charge >= 0.3 is 6.03 Å². The Labute approximate surface area is 142 Å². The molecule has 1 aliphatic heterocycles. The van der Waals surface area contributed by atoms with Crippen molar-refractivity contribution in [3.63, 3.8) is 0 Å². The fourth-order valence-electron chi connectivity index (χ4n) is 6.11. The van der Waals surface area contributed by atoms with Gasteiger partial charge in [-0.05, 0) is 75.0 Å². The fourth-order valence-corrected chi connectivity index (χ4v) is 6.11. The molecule has 0 radical (unpaired) electrons. The van der Waals surface area contributed by atoms with Crippen molar-refractivity contribution in [3.8, 4) is 0 Å². The molecule has 5 rings (SSSR count). The lowest BCUT2D eigenvalue weighted by atomic mass is 9.48. The van der Waals surface area contributed by atoms with Crippen LogP contribution in [-0.2, 0) is 9.59 Å². The van der Waals surface area contributed by atoms with E-state index in [1.807, 2.05) is 0 Å². The Morgan fingerprint density at radius 3 is 2.25 bits per heavy atom. The maximum absolute atomic E-state index is 12.3. The minimum absolute atomic E-state index is 0.00723. The predicted octanol–water partition coefficient (Wildman–Crippen LogP) is 1.70. The maximum Gasteiger partial charge on any atom is 0.322 e. The van der Waals surface area contributed by atoms with E-state index in [1.54, 1.807) is 0 Å². The molecule has 5 fully saturated rings. The molecule has 4 bridgehead atoms. The normalized spacial score (nSPS) is 41.0. The van der Waals surface area contributed by atoms with Crippen molar-refractivity contribution in [2.24, 2.45) is 23.2 Å². The largest absolute Gasteiger partial charge is 0.353 e. The quantitative estimate of drug-likeness (QED) is 0.669. The third-order valence-electron chi connectivity index (χ3n) is 6.90. The van der Waals surface area contributed by atoms with Crippen LogP contribution in [0.4, 0.5) is 4.79 Å². The summed E-state index contributed by atoms with van der Waals surface area (Å²) in [5, 5.41) is 7.94. The van der Waals surface area contributed by atoms with Gasteiger partial charge in [0.05, 0.1) is 0 Å². The molecular formula is C18H27N3O3. The molecular weight excluding hydrogens is 306 g/mol. The van der Waals surface area contributed by atoms with Gasteiger partial charge in [-0.1, -0.05) is 0 Å². The van der Waals surface area contributed by atoms with Crippen molar-refractivity contribution in [2.75, 3.05) is 0 Å². The highest BCUT2D eigenvalue weighted by molar-refractivity contribution is 6.04. The molecule has 5 aliphatic rings. The fraction of sp³-hybridized carbons (Fsp3) is 0.833. The van der Waals surface area contributed by atoms with Crippen LogP contribution in [0, 0.1) is 23.2 Å². The van der Waals surface area contributed by atoms with Crippen molar-refractivity contribution >= 4 is 17.8 Å². The number of imide groups is 1. The van der Waals surface area contributed by atoms with Gasteiger partial charge in [0.15, 0.2) is 0 Å². The summed E-state index contributed by atoms with van der Waals surface area (Å²) < 4.78 is 0. The van der Waals surface area contributed by atoms with Crippen LogP contribution < -0.4 is 16.0 Å². The zero-order chi connectivity index (χ0) is 16.9. The highest BCUT2D eigenvalue weighted by atomic mass is 16.2. The Morgan fingerprint density at radius 2 is 1.75 bits per heavy atom. The molecule has 6 heteroatoms. The van der Waals surface area contributed by atoms with Crippen molar-refractivity contribution in [3.05, 3.63) is 0 Å². The first-order valence-corrected chi connectivity index (χ1v) is 9.34. The van der Waals surface area contributed by atoms with Crippen LogP contribution in [0.25, 0.3) is 0 Å². The number of hydrogen-bond acceptors (Lipinski definition) is 3. The second-order valence-corrected chi connectivity index (χ2v) is 8.62. The first-order chi connectivity index (χ1) is 11.4. The van der Waals surface area contributed by atoms with E-state index in [0.29, 0.717) is 11.8 Å². The molecule has 24 heavy (non-hydrogen) atoms. The van der Waals surface area contributed by atoms with Gasteiger partial charge in [0.1, 0.15) is 6.04 Å². The van der Waals surface area contributed by atoms with Crippen LogP contribution >= 0.6 is 0 Å². The third-order valence-corrected chi connectivity index (χ3v) is 6.90. The Hall–Kier alpha value is -1.59. The smallest absolute Gasteiger partial charge is 0.322 e. The van der Waals surface area contributed by atoms with Crippen LogP contribution in [0.15, 0.2) is 0 Å². The molecule has 6 nitrogen and oxygen atoms in total. The number of carbonyl (C=O) groups excluding carboxylic acids is 3. The van der Waals surface area contributed by atoms with E-state index in [9.17, 15) is 14.4 Å². The summed E-state index contributed by atoms with van der Waals surface area (Å²) in [4.78, 5) is 35.0. The topological polar surface area (TPSA) is 87.3 Å². The zero-order valence-electron chi connectivity index (χ0n) is 14.3. The van der Waals surface area contributed by atoms with Gasteiger partial charge in [-0.15, -0.1) is 0 Å². The van der Waals surface area contributed by atoms with Gasteiger partial charge < -0.3 is 10.6 Å². The van der Waals surface area contributed by atoms with Gasteiger partial charge in [0.2, 0.25) is 5.91 Å². The number of urea groups is 1. The average Bonchev–Trinajstić information content (AvgIpc) is 2.81. The van der Waals surface area contributed by atoms with Crippen molar-refractivity contribution in [1.82, 2.24) is 16.0 Å². The molecule has 0 spiro atoms. The number of amides is 4. The highest BCUT2D eigenvalue weighted by Gasteiger charge is 2.53. The molecule has 4 aliphatic carbocycles. The average molecular weight is 333 g/mol. The monoisotopic (exact) mass is 333 g/mol.